The van der Waals surface area contributed by atoms with Crippen LogP contribution in [0, 0.1) is 0 Å². The molecule has 0 fully saturated rings. The molecule has 1 aromatic carbocycles. The maximum Gasteiger partial charge on any atom is 0.337 e. The van der Waals surface area contributed by atoms with E-state index in [1.165, 1.54) is 13.3 Å². The van der Waals surface area contributed by atoms with E-state index in [-0.39, 0.29) is 12.6 Å². The van der Waals surface area contributed by atoms with Crippen molar-refractivity contribution in [2.24, 2.45) is 0 Å². The Morgan fingerprint density at radius 2 is 1.82 bits per heavy atom. The van der Waals surface area contributed by atoms with E-state index in [4.69, 9.17) is 0 Å². The van der Waals surface area contributed by atoms with E-state index in [1.807, 2.05) is 30.3 Å². The molecule has 22 heavy (non-hydrogen) atoms. The highest BCUT2D eigenvalue weighted by Crippen LogP contribution is 2.03. The van der Waals surface area contributed by atoms with Gasteiger partial charge in [0.15, 0.2) is 0 Å². The fourth-order valence-electron chi connectivity index (χ4n) is 1.83. The number of benzene rings is 1. The SMILES string of the molecule is COC(=O)c1ccnc(CNC(=O)NCc2ccccc2)c1. The van der Waals surface area contributed by atoms with Crippen molar-refractivity contribution < 1.29 is 14.3 Å². The maximum absolute atomic E-state index is 11.7. The van der Waals surface area contributed by atoms with Crippen molar-refractivity contribution in [3.05, 3.63) is 65.5 Å². The molecule has 0 aliphatic rings. The Hall–Kier alpha value is -2.89. The number of carbonyl (C=O) groups excluding carboxylic acids is 2. The molecule has 2 aromatic rings. The van der Waals surface area contributed by atoms with Crippen LogP contribution in [-0.4, -0.2) is 24.1 Å². The zero-order valence-corrected chi connectivity index (χ0v) is 12.2. The minimum Gasteiger partial charge on any atom is -0.465 e. The van der Waals surface area contributed by atoms with E-state index in [0.29, 0.717) is 17.8 Å². The van der Waals surface area contributed by atoms with Gasteiger partial charge in [-0.05, 0) is 17.7 Å². The molecule has 2 amide bonds. The molecule has 6 heteroatoms. The van der Waals surface area contributed by atoms with Gasteiger partial charge in [0.25, 0.3) is 0 Å². The van der Waals surface area contributed by atoms with Crippen LogP contribution in [0.3, 0.4) is 0 Å². The third-order valence-electron chi connectivity index (χ3n) is 2.96. The van der Waals surface area contributed by atoms with Crippen LogP contribution in [0.5, 0.6) is 0 Å². The summed E-state index contributed by atoms with van der Waals surface area (Å²) in [6.07, 6.45) is 1.51. The van der Waals surface area contributed by atoms with Crippen LogP contribution in [0.25, 0.3) is 0 Å². The molecule has 1 heterocycles. The Morgan fingerprint density at radius 3 is 2.55 bits per heavy atom. The maximum atomic E-state index is 11.7. The molecule has 0 aliphatic heterocycles. The molecule has 2 rings (SSSR count). The summed E-state index contributed by atoms with van der Waals surface area (Å²) in [7, 11) is 1.32. The second-order valence-corrected chi connectivity index (χ2v) is 4.55. The van der Waals surface area contributed by atoms with Gasteiger partial charge in [0.2, 0.25) is 0 Å². The van der Waals surface area contributed by atoms with Crippen molar-refractivity contribution in [1.82, 2.24) is 15.6 Å². The molecular weight excluding hydrogens is 282 g/mol. The number of nitrogens with one attached hydrogen (secondary N) is 2. The van der Waals surface area contributed by atoms with Gasteiger partial charge in [0.1, 0.15) is 0 Å². The van der Waals surface area contributed by atoms with Gasteiger partial charge in [0, 0.05) is 12.7 Å². The zero-order valence-electron chi connectivity index (χ0n) is 12.2. The van der Waals surface area contributed by atoms with Gasteiger partial charge in [-0.3, -0.25) is 4.98 Å². The summed E-state index contributed by atoms with van der Waals surface area (Å²) in [6.45, 7) is 0.674. The summed E-state index contributed by atoms with van der Waals surface area (Å²) in [4.78, 5) is 27.2. The molecule has 0 saturated carbocycles. The molecule has 2 N–H and O–H groups in total. The van der Waals surface area contributed by atoms with Crippen molar-refractivity contribution in [2.75, 3.05) is 7.11 Å². The van der Waals surface area contributed by atoms with Gasteiger partial charge in [-0.25, -0.2) is 9.59 Å². The standard InChI is InChI=1S/C16H17N3O3/c1-22-15(20)13-7-8-17-14(9-13)11-19-16(21)18-10-12-5-3-2-4-6-12/h2-9H,10-11H2,1H3,(H2,18,19,21). The van der Waals surface area contributed by atoms with Crippen LogP contribution in [0.15, 0.2) is 48.7 Å². The zero-order chi connectivity index (χ0) is 15.8. The molecule has 114 valence electrons. The van der Waals surface area contributed by atoms with E-state index in [2.05, 4.69) is 20.4 Å². The van der Waals surface area contributed by atoms with E-state index in [1.54, 1.807) is 12.1 Å². The summed E-state index contributed by atoms with van der Waals surface area (Å²) in [5.41, 5.74) is 2.00. The first-order chi connectivity index (χ1) is 10.7. The lowest BCUT2D eigenvalue weighted by Crippen LogP contribution is -2.34. The number of hydrogen-bond donors (Lipinski definition) is 2. The highest BCUT2D eigenvalue weighted by atomic mass is 16.5. The summed E-state index contributed by atoms with van der Waals surface area (Å²) >= 11 is 0. The number of amides is 2. The third kappa shape index (κ3) is 4.59. The molecule has 0 atom stereocenters. The van der Waals surface area contributed by atoms with Crippen molar-refractivity contribution in [3.63, 3.8) is 0 Å². The summed E-state index contributed by atoms with van der Waals surface area (Å²) < 4.78 is 4.64. The molecule has 0 bridgehead atoms. The molecule has 0 spiro atoms. The largest absolute Gasteiger partial charge is 0.465 e. The normalized spacial score (nSPS) is 9.86. The Morgan fingerprint density at radius 1 is 1.09 bits per heavy atom. The fourth-order valence-corrected chi connectivity index (χ4v) is 1.83. The van der Waals surface area contributed by atoms with Crippen molar-refractivity contribution >= 4 is 12.0 Å². The number of rotatable bonds is 5. The fraction of sp³-hybridized carbons (Fsp3) is 0.188. The molecular formula is C16H17N3O3. The number of aromatic nitrogens is 1. The Balaban J connectivity index is 1.82. The van der Waals surface area contributed by atoms with Gasteiger partial charge in [-0.2, -0.15) is 0 Å². The third-order valence-corrected chi connectivity index (χ3v) is 2.96. The molecule has 6 nitrogen and oxygen atoms in total. The average Bonchev–Trinajstić information content (AvgIpc) is 2.58. The van der Waals surface area contributed by atoms with Gasteiger partial charge in [-0.15, -0.1) is 0 Å². The van der Waals surface area contributed by atoms with Crippen LogP contribution in [0.4, 0.5) is 4.79 Å². The number of carbonyl (C=O) groups is 2. The van der Waals surface area contributed by atoms with Gasteiger partial charge >= 0.3 is 12.0 Å². The van der Waals surface area contributed by atoms with E-state index in [9.17, 15) is 9.59 Å². The predicted octanol–water partition coefficient (Wildman–Crippen LogP) is 1.87. The summed E-state index contributed by atoms with van der Waals surface area (Å²) in [5.74, 6) is -0.433. The Kier molecular flexibility index (Phi) is 5.48. The number of nitrogens with zero attached hydrogens (tertiary/aromatic N) is 1. The van der Waals surface area contributed by atoms with Crippen molar-refractivity contribution in [2.45, 2.75) is 13.1 Å². The Bertz CT molecular complexity index is 644. The topological polar surface area (TPSA) is 80.3 Å². The lowest BCUT2D eigenvalue weighted by atomic mass is 10.2. The van der Waals surface area contributed by atoms with Crippen LogP contribution in [0.1, 0.15) is 21.6 Å². The molecule has 0 saturated heterocycles. The molecule has 0 radical (unpaired) electrons. The van der Waals surface area contributed by atoms with Crippen molar-refractivity contribution in [3.8, 4) is 0 Å². The number of hydrogen-bond acceptors (Lipinski definition) is 4. The van der Waals surface area contributed by atoms with Gasteiger partial charge in [-0.1, -0.05) is 30.3 Å². The lowest BCUT2D eigenvalue weighted by Gasteiger charge is -2.08. The summed E-state index contributed by atoms with van der Waals surface area (Å²) in [6, 6.07) is 12.5. The average molecular weight is 299 g/mol. The number of esters is 1. The minimum absolute atomic E-state index is 0.228. The second-order valence-electron chi connectivity index (χ2n) is 4.55. The van der Waals surface area contributed by atoms with Crippen LogP contribution < -0.4 is 10.6 Å². The molecule has 0 unspecified atom stereocenters. The summed E-state index contributed by atoms with van der Waals surface area (Å²) in [5, 5.41) is 5.44. The number of methoxy groups -OCH3 is 1. The van der Waals surface area contributed by atoms with E-state index < -0.39 is 5.97 Å². The molecule has 0 aliphatic carbocycles. The van der Waals surface area contributed by atoms with E-state index >= 15 is 0 Å². The van der Waals surface area contributed by atoms with E-state index in [0.717, 1.165) is 5.56 Å². The van der Waals surface area contributed by atoms with Crippen LogP contribution >= 0.6 is 0 Å². The number of pyridine rings is 1. The van der Waals surface area contributed by atoms with Crippen LogP contribution in [0.2, 0.25) is 0 Å². The van der Waals surface area contributed by atoms with Gasteiger partial charge in [0.05, 0.1) is 24.9 Å². The number of ether oxygens (including phenoxy) is 1. The molecule has 1 aromatic heterocycles. The van der Waals surface area contributed by atoms with Crippen molar-refractivity contribution in [1.29, 1.82) is 0 Å². The first kappa shape index (κ1) is 15.5. The second kappa shape index (κ2) is 7.78. The Labute approximate surface area is 128 Å². The first-order valence-electron chi connectivity index (χ1n) is 6.78. The highest BCUT2D eigenvalue weighted by molar-refractivity contribution is 5.89. The highest BCUT2D eigenvalue weighted by Gasteiger charge is 2.07. The van der Waals surface area contributed by atoms with Crippen LogP contribution in [-0.2, 0) is 17.8 Å². The quantitative estimate of drug-likeness (QED) is 0.826. The smallest absolute Gasteiger partial charge is 0.337 e. The number of urea groups is 1. The van der Waals surface area contributed by atoms with Gasteiger partial charge < -0.3 is 15.4 Å². The minimum atomic E-state index is -0.433. The first-order valence-corrected chi connectivity index (χ1v) is 6.78. The predicted molar refractivity (Wildman–Crippen MR) is 81.1 cm³/mol. The monoisotopic (exact) mass is 299 g/mol. The lowest BCUT2D eigenvalue weighted by molar-refractivity contribution is 0.0600.